The maximum atomic E-state index is 8.53. The molecule has 0 fully saturated rings. The van der Waals surface area contributed by atoms with Crippen molar-refractivity contribution in [3.05, 3.63) is 12.2 Å². The molecule has 0 aromatic carbocycles. The van der Waals surface area contributed by atoms with Crippen molar-refractivity contribution in [1.82, 2.24) is 0 Å². The number of rotatable bonds is 0. The van der Waals surface area contributed by atoms with E-state index in [9.17, 15) is 0 Å². The van der Waals surface area contributed by atoms with Crippen LogP contribution in [0, 0.1) is 17.2 Å². The van der Waals surface area contributed by atoms with Crippen LogP contribution in [0.5, 0.6) is 0 Å². The number of nitrogens with zero attached hydrogens (tertiary/aromatic N) is 1. The summed E-state index contributed by atoms with van der Waals surface area (Å²) in [5.74, 6) is 0.295. The molecule has 1 heteroatoms. The SMILES string of the molecule is N#CC1CC=CCCC1. The minimum atomic E-state index is 0.295. The van der Waals surface area contributed by atoms with Crippen molar-refractivity contribution in [3.63, 3.8) is 0 Å². The van der Waals surface area contributed by atoms with Crippen LogP contribution in [0.25, 0.3) is 0 Å². The van der Waals surface area contributed by atoms with Crippen LogP contribution in [0.2, 0.25) is 0 Å². The minimum absolute atomic E-state index is 0.295. The Morgan fingerprint density at radius 1 is 1.44 bits per heavy atom. The highest BCUT2D eigenvalue weighted by molar-refractivity contribution is 4.94. The van der Waals surface area contributed by atoms with Crippen molar-refractivity contribution in [2.75, 3.05) is 0 Å². The van der Waals surface area contributed by atoms with Gasteiger partial charge >= 0.3 is 0 Å². The van der Waals surface area contributed by atoms with E-state index in [1.54, 1.807) is 0 Å². The van der Waals surface area contributed by atoms with Crippen LogP contribution in [0.3, 0.4) is 0 Å². The second-order valence-electron chi connectivity index (χ2n) is 2.46. The molecule has 1 aliphatic carbocycles. The largest absolute Gasteiger partial charge is 0.198 e. The highest BCUT2D eigenvalue weighted by atomic mass is 14.3. The van der Waals surface area contributed by atoms with Gasteiger partial charge in [0.05, 0.1) is 6.07 Å². The first-order valence-electron chi connectivity index (χ1n) is 3.48. The summed E-state index contributed by atoms with van der Waals surface area (Å²) in [7, 11) is 0. The van der Waals surface area contributed by atoms with Crippen LogP contribution in [0.4, 0.5) is 0 Å². The molecule has 1 atom stereocenters. The van der Waals surface area contributed by atoms with Gasteiger partial charge in [-0.3, -0.25) is 0 Å². The van der Waals surface area contributed by atoms with E-state index in [2.05, 4.69) is 18.2 Å². The highest BCUT2D eigenvalue weighted by Gasteiger charge is 2.05. The van der Waals surface area contributed by atoms with Gasteiger partial charge in [0.15, 0.2) is 0 Å². The second kappa shape index (κ2) is 3.29. The molecule has 0 saturated heterocycles. The van der Waals surface area contributed by atoms with E-state index in [1.165, 1.54) is 6.42 Å². The van der Waals surface area contributed by atoms with E-state index in [4.69, 9.17) is 5.26 Å². The number of allylic oxidation sites excluding steroid dienone is 2. The van der Waals surface area contributed by atoms with E-state index in [-0.39, 0.29) is 0 Å². The van der Waals surface area contributed by atoms with Crippen molar-refractivity contribution < 1.29 is 0 Å². The van der Waals surface area contributed by atoms with Crippen LogP contribution in [0.15, 0.2) is 12.2 Å². The Balaban J connectivity index is 2.40. The molecule has 1 nitrogen and oxygen atoms in total. The Kier molecular flexibility index (Phi) is 2.32. The third kappa shape index (κ3) is 1.89. The van der Waals surface area contributed by atoms with Crippen molar-refractivity contribution >= 4 is 0 Å². The smallest absolute Gasteiger partial charge is 0.0659 e. The fraction of sp³-hybridized carbons (Fsp3) is 0.625. The van der Waals surface area contributed by atoms with Gasteiger partial charge in [0.2, 0.25) is 0 Å². The van der Waals surface area contributed by atoms with Gasteiger partial charge in [0, 0.05) is 5.92 Å². The Hall–Kier alpha value is -0.770. The van der Waals surface area contributed by atoms with E-state index in [0.717, 1.165) is 19.3 Å². The average molecular weight is 121 g/mol. The van der Waals surface area contributed by atoms with E-state index in [1.807, 2.05) is 0 Å². The number of hydrogen-bond acceptors (Lipinski definition) is 1. The third-order valence-electron chi connectivity index (χ3n) is 1.69. The monoisotopic (exact) mass is 121 g/mol. The lowest BCUT2D eigenvalue weighted by molar-refractivity contribution is 0.598. The molecule has 9 heavy (non-hydrogen) atoms. The molecule has 0 N–H and O–H groups in total. The summed E-state index contributed by atoms with van der Waals surface area (Å²) in [6.07, 6.45) is 8.71. The molecule has 0 aliphatic heterocycles. The molecule has 1 rings (SSSR count). The molecule has 1 aliphatic rings. The first kappa shape index (κ1) is 6.35. The predicted octanol–water partition coefficient (Wildman–Crippen LogP) is 2.26. The van der Waals surface area contributed by atoms with Crippen molar-refractivity contribution in [2.24, 2.45) is 5.92 Å². The zero-order valence-corrected chi connectivity index (χ0v) is 5.51. The standard InChI is InChI=1S/C8H11N/c9-7-8-5-3-1-2-4-6-8/h1,3,8H,2,4-6H2. The van der Waals surface area contributed by atoms with E-state index in [0.29, 0.717) is 5.92 Å². The molecule has 0 spiro atoms. The number of nitriles is 1. The van der Waals surface area contributed by atoms with Crippen LogP contribution >= 0.6 is 0 Å². The first-order chi connectivity index (χ1) is 4.43. The molecule has 48 valence electrons. The zero-order chi connectivity index (χ0) is 6.53. The Bertz CT molecular complexity index is 141. The Morgan fingerprint density at radius 2 is 2.33 bits per heavy atom. The van der Waals surface area contributed by atoms with Gasteiger partial charge in [-0.1, -0.05) is 12.2 Å². The van der Waals surface area contributed by atoms with Crippen molar-refractivity contribution in [1.29, 1.82) is 5.26 Å². The van der Waals surface area contributed by atoms with Gasteiger partial charge in [-0.2, -0.15) is 5.26 Å². The normalized spacial score (nSPS) is 26.8. The lowest BCUT2D eigenvalue weighted by atomic mass is 10.0. The summed E-state index contributed by atoms with van der Waals surface area (Å²) in [6, 6.07) is 2.29. The molecular formula is C8H11N. The highest BCUT2D eigenvalue weighted by Crippen LogP contribution is 2.16. The van der Waals surface area contributed by atoms with Crippen LogP contribution in [0.1, 0.15) is 25.7 Å². The Morgan fingerprint density at radius 3 is 3.11 bits per heavy atom. The minimum Gasteiger partial charge on any atom is -0.198 e. The molecule has 0 saturated carbocycles. The molecular weight excluding hydrogens is 110 g/mol. The summed E-state index contributed by atoms with van der Waals surface area (Å²) in [5, 5.41) is 8.53. The van der Waals surface area contributed by atoms with Gasteiger partial charge in [0.1, 0.15) is 0 Å². The van der Waals surface area contributed by atoms with Crippen molar-refractivity contribution in [3.8, 4) is 6.07 Å². The zero-order valence-electron chi connectivity index (χ0n) is 5.51. The molecule has 0 bridgehead atoms. The number of hydrogen-bond donors (Lipinski definition) is 0. The van der Waals surface area contributed by atoms with Crippen LogP contribution in [-0.2, 0) is 0 Å². The van der Waals surface area contributed by atoms with E-state index < -0.39 is 0 Å². The fourth-order valence-electron chi connectivity index (χ4n) is 1.10. The lowest BCUT2D eigenvalue weighted by Crippen LogP contribution is -1.91. The Labute approximate surface area is 56.0 Å². The van der Waals surface area contributed by atoms with Crippen molar-refractivity contribution in [2.45, 2.75) is 25.7 Å². The molecule has 0 amide bonds. The lowest BCUT2D eigenvalue weighted by Gasteiger charge is -1.98. The maximum absolute atomic E-state index is 8.53. The summed E-state index contributed by atoms with van der Waals surface area (Å²) < 4.78 is 0. The molecule has 0 radical (unpaired) electrons. The van der Waals surface area contributed by atoms with Crippen LogP contribution < -0.4 is 0 Å². The third-order valence-corrected chi connectivity index (χ3v) is 1.69. The summed E-state index contributed by atoms with van der Waals surface area (Å²) >= 11 is 0. The summed E-state index contributed by atoms with van der Waals surface area (Å²) in [6.45, 7) is 0. The summed E-state index contributed by atoms with van der Waals surface area (Å²) in [4.78, 5) is 0. The topological polar surface area (TPSA) is 23.8 Å². The molecule has 1 unspecified atom stereocenters. The quantitative estimate of drug-likeness (QED) is 0.451. The molecule has 0 heterocycles. The second-order valence-corrected chi connectivity index (χ2v) is 2.46. The van der Waals surface area contributed by atoms with Gasteiger partial charge < -0.3 is 0 Å². The molecule has 0 aromatic rings. The average Bonchev–Trinajstić information content (AvgIpc) is 2.13. The van der Waals surface area contributed by atoms with Gasteiger partial charge in [-0.15, -0.1) is 0 Å². The maximum Gasteiger partial charge on any atom is 0.0659 e. The van der Waals surface area contributed by atoms with Gasteiger partial charge in [0.25, 0.3) is 0 Å². The predicted molar refractivity (Wildman–Crippen MR) is 36.7 cm³/mol. The molecule has 0 aromatic heterocycles. The fourth-order valence-corrected chi connectivity index (χ4v) is 1.10. The van der Waals surface area contributed by atoms with Gasteiger partial charge in [-0.25, -0.2) is 0 Å². The first-order valence-corrected chi connectivity index (χ1v) is 3.48. The van der Waals surface area contributed by atoms with Crippen LogP contribution in [-0.4, -0.2) is 0 Å². The van der Waals surface area contributed by atoms with E-state index >= 15 is 0 Å². The van der Waals surface area contributed by atoms with Gasteiger partial charge in [-0.05, 0) is 25.7 Å². The summed E-state index contributed by atoms with van der Waals surface area (Å²) in [5.41, 5.74) is 0.